The quantitative estimate of drug-likeness (QED) is 0.544. The smallest absolute Gasteiger partial charge is 0.312 e. The van der Waals surface area contributed by atoms with E-state index in [1.807, 2.05) is 24.3 Å². The van der Waals surface area contributed by atoms with Crippen LogP contribution >= 0.6 is 0 Å². The van der Waals surface area contributed by atoms with Crippen molar-refractivity contribution in [2.75, 3.05) is 19.8 Å². The molecular weight excluding hydrogens is 418 g/mol. The summed E-state index contributed by atoms with van der Waals surface area (Å²) in [7, 11) is 0. The summed E-state index contributed by atoms with van der Waals surface area (Å²) in [5.41, 5.74) is 0.357. The topological polar surface area (TPSA) is 136 Å². The molecule has 3 aliphatic rings. The van der Waals surface area contributed by atoms with Gasteiger partial charge in [-0.1, -0.05) is 17.3 Å². The highest BCUT2D eigenvalue weighted by molar-refractivity contribution is 5.98. The van der Waals surface area contributed by atoms with E-state index in [1.54, 1.807) is 11.6 Å². The van der Waals surface area contributed by atoms with Gasteiger partial charge in [0.2, 0.25) is 11.8 Å². The molecule has 1 aromatic heterocycles. The number of amides is 2. The van der Waals surface area contributed by atoms with Crippen molar-refractivity contribution < 1.29 is 29.0 Å². The van der Waals surface area contributed by atoms with Gasteiger partial charge in [-0.2, -0.15) is 0 Å². The molecule has 5 atom stereocenters. The number of β-amino-alcohol motifs (C(OH)–C–C–N with tert-alkyl or cyclic N) is 1. The molecule has 3 saturated heterocycles. The van der Waals surface area contributed by atoms with Crippen LogP contribution in [0.2, 0.25) is 0 Å². The Kier molecular flexibility index (Phi) is 5.09. The largest absolute Gasteiger partial charge is 0.466 e. The van der Waals surface area contributed by atoms with Gasteiger partial charge in [0.1, 0.15) is 23.8 Å². The molecule has 3 fully saturated rings. The van der Waals surface area contributed by atoms with Crippen LogP contribution in [0.3, 0.4) is 0 Å². The molecule has 1 spiro atoms. The van der Waals surface area contributed by atoms with Crippen molar-refractivity contribution in [2.24, 2.45) is 11.8 Å². The standard InChI is InChI=1S/C21H25N5O6/c1-2-31-20(30)15-14-7-8-21(32-14)16(15)19(29)25(9-10-27)17(21)18(28)22-11-26-13-6-4-3-5-12(13)23-24-26/h3-6,14-17,27H,2,7-11H2,1H3,(H,22,28)/t14-,15+,16+,17-,21+/m1/s1. The Labute approximate surface area is 183 Å². The summed E-state index contributed by atoms with van der Waals surface area (Å²) in [6.45, 7) is 1.64. The molecule has 32 heavy (non-hydrogen) atoms. The number of carbonyl (C=O) groups excluding carboxylic acids is 3. The summed E-state index contributed by atoms with van der Waals surface area (Å²) < 4.78 is 13.0. The number of likely N-dealkylation sites (tertiary alicyclic amines) is 1. The molecule has 2 bridgehead atoms. The van der Waals surface area contributed by atoms with Gasteiger partial charge >= 0.3 is 5.97 Å². The van der Waals surface area contributed by atoms with Crippen LogP contribution in [-0.2, 0) is 30.5 Å². The first-order chi connectivity index (χ1) is 15.5. The number of nitrogens with one attached hydrogen (secondary N) is 1. The number of nitrogens with zero attached hydrogens (tertiary/aromatic N) is 4. The minimum atomic E-state index is -1.11. The minimum absolute atomic E-state index is 0.0228. The molecule has 1 aromatic carbocycles. The average molecular weight is 443 g/mol. The number of aliphatic hydroxyl groups excluding tert-OH is 1. The van der Waals surface area contributed by atoms with Crippen LogP contribution in [0.5, 0.6) is 0 Å². The van der Waals surface area contributed by atoms with Crippen molar-refractivity contribution in [1.29, 1.82) is 0 Å². The van der Waals surface area contributed by atoms with E-state index in [9.17, 15) is 19.5 Å². The summed E-state index contributed by atoms with van der Waals surface area (Å²) in [6.07, 6.45) is 0.599. The highest BCUT2D eigenvalue weighted by Crippen LogP contribution is 2.58. The monoisotopic (exact) mass is 443 g/mol. The number of para-hydroxylation sites is 1. The van der Waals surface area contributed by atoms with E-state index in [2.05, 4.69) is 15.6 Å². The van der Waals surface area contributed by atoms with Crippen molar-refractivity contribution in [3.63, 3.8) is 0 Å². The van der Waals surface area contributed by atoms with Gasteiger partial charge in [-0.25, -0.2) is 4.68 Å². The Hall–Kier alpha value is -3.05. The molecule has 170 valence electrons. The Morgan fingerprint density at radius 3 is 2.97 bits per heavy atom. The zero-order valence-corrected chi connectivity index (χ0v) is 17.6. The van der Waals surface area contributed by atoms with Crippen LogP contribution in [0.25, 0.3) is 11.0 Å². The highest BCUT2D eigenvalue weighted by atomic mass is 16.6. The van der Waals surface area contributed by atoms with Crippen molar-refractivity contribution in [3.05, 3.63) is 24.3 Å². The maximum Gasteiger partial charge on any atom is 0.312 e. The second-order valence-corrected chi connectivity index (χ2v) is 8.34. The Balaban J connectivity index is 1.42. The maximum absolute atomic E-state index is 13.4. The second kappa shape index (κ2) is 7.82. The number of hydrogen-bond acceptors (Lipinski definition) is 8. The molecule has 2 aromatic rings. The lowest BCUT2D eigenvalue weighted by Crippen LogP contribution is -2.55. The van der Waals surface area contributed by atoms with Gasteiger partial charge in [0.15, 0.2) is 0 Å². The molecule has 11 heteroatoms. The third-order valence-corrected chi connectivity index (χ3v) is 6.77. The van der Waals surface area contributed by atoms with Crippen molar-refractivity contribution in [2.45, 2.75) is 44.2 Å². The summed E-state index contributed by atoms with van der Waals surface area (Å²) in [5.74, 6) is -2.79. The Morgan fingerprint density at radius 2 is 2.19 bits per heavy atom. The predicted octanol–water partition coefficient (Wildman–Crippen LogP) is -0.565. The predicted molar refractivity (Wildman–Crippen MR) is 109 cm³/mol. The lowest BCUT2D eigenvalue weighted by Gasteiger charge is -2.33. The molecule has 11 nitrogen and oxygen atoms in total. The third-order valence-electron chi connectivity index (χ3n) is 6.77. The zero-order valence-electron chi connectivity index (χ0n) is 17.6. The Bertz CT molecular complexity index is 1070. The first-order valence-electron chi connectivity index (χ1n) is 10.8. The number of carbonyl (C=O) groups is 3. The minimum Gasteiger partial charge on any atom is -0.466 e. The molecular formula is C21H25N5O6. The number of rotatable bonds is 7. The number of hydrogen-bond donors (Lipinski definition) is 2. The van der Waals surface area contributed by atoms with E-state index >= 15 is 0 Å². The normalized spacial score (nSPS) is 30.7. The second-order valence-electron chi connectivity index (χ2n) is 8.34. The van der Waals surface area contributed by atoms with Gasteiger partial charge in [-0.05, 0) is 31.9 Å². The lowest BCUT2D eigenvalue weighted by atomic mass is 9.71. The fourth-order valence-corrected chi connectivity index (χ4v) is 5.59. The van der Waals surface area contributed by atoms with Gasteiger partial charge in [-0.15, -0.1) is 5.10 Å². The van der Waals surface area contributed by atoms with Gasteiger partial charge in [-0.3, -0.25) is 14.4 Å². The molecule has 3 aliphatic heterocycles. The van der Waals surface area contributed by atoms with E-state index < -0.39 is 41.5 Å². The molecule has 2 amide bonds. The number of aromatic nitrogens is 3. The van der Waals surface area contributed by atoms with Crippen LogP contribution in [0.4, 0.5) is 0 Å². The highest BCUT2D eigenvalue weighted by Gasteiger charge is 2.74. The van der Waals surface area contributed by atoms with E-state index in [1.165, 1.54) is 4.90 Å². The first-order valence-corrected chi connectivity index (χ1v) is 10.8. The summed E-state index contributed by atoms with van der Waals surface area (Å²) >= 11 is 0. The Morgan fingerprint density at radius 1 is 1.38 bits per heavy atom. The maximum atomic E-state index is 13.4. The van der Waals surface area contributed by atoms with E-state index in [0.717, 1.165) is 5.52 Å². The van der Waals surface area contributed by atoms with Gasteiger partial charge < -0.3 is 24.8 Å². The van der Waals surface area contributed by atoms with Crippen molar-refractivity contribution in [3.8, 4) is 0 Å². The van der Waals surface area contributed by atoms with E-state index in [0.29, 0.717) is 18.4 Å². The van der Waals surface area contributed by atoms with Crippen molar-refractivity contribution in [1.82, 2.24) is 25.2 Å². The van der Waals surface area contributed by atoms with E-state index in [-0.39, 0.29) is 32.3 Å². The van der Waals surface area contributed by atoms with Crippen LogP contribution in [0.15, 0.2) is 24.3 Å². The molecule has 0 aliphatic carbocycles. The molecule has 0 saturated carbocycles. The number of fused-ring (bicyclic) bond motifs is 2. The first kappa shape index (κ1) is 20.8. The summed E-state index contributed by atoms with van der Waals surface area (Å²) in [5, 5.41) is 20.5. The van der Waals surface area contributed by atoms with Crippen LogP contribution in [-0.4, -0.2) is 80.3 Å². The summed E-state index contributed by atoms with van der Waals surface area (Å²) in [6, 6.07) is 6.42. The van der Waals surface area contributed by atoms with Crippen LogP contribution in [0, 0.1) is 11.8 Å². The number of ether oxygens (including phenoxy) is 2. The zero-order chi connectivity index (χ0) is 22.5. The average Bonchev–Trinajstić information content (AvgIpc) is 3.52. The summed E-state index contributed by atoms with van der Waals surface area (Å²) in [4.78, 5) is 40.7. The molecule has 5 rings (SSSR count). The third kappa shape index (κ3) is 2.91. The molecule has 0 unspecified atom stereocenters. The lowest BCUT2D eigenvalue weighted by molar-refractivity contribution is -0.154. The van der Waals surface area contributed by atoms with Gasteiger partial charge in [0, 0.05) is 6.54 Å². The fourth-order valence-electron chi connectivity index (χ4n) is 5.59. The van der Waals surface area contributed by atoms with Crippen LogP contribution in [0.1, 0.15) is 19.8 Å². The van der Waals surface area contributed by atoms with Crippen molar-refractivity contribution >= 4 is 28.8 Å². The van der Waals surface area contributed by atoms with Gasteiger partial charge in [0.25, 0.3) is 0 Å². The number of aliphatic hydroxyl groups is 1. The van der Waals surface area contributed by atoms with Crippen LogP contribution < -0.4 is 5.32 Å². The molecule has 2 N–H and O–H groups in total. The number of benzene rings is 1. The fraction of sp³-hybridized carbons (Fsp3) is 0.571. The number of esters is 1. The van der Waals surface area contributed by atoms with Gasteiger partial charge in [0.05, 0.1) is 36.7 Å². The SMILES string of the molecule is CCOC(=O)[C@@H]1[C@H]2C(=O)N(CCO)[C@H](C(=O)NCn3nnc4ccccc43)[C@]23CC[C@H]1O3. The molecule has 0 radical (unpaired) electrons. The van der Waals surface area contributed by atoms with E-state index in [4.69, 9.17) is 9.47 Å². The molecule has 4 heterocycles.